The first kappa shape index (κ1) is 33.7. The normalized spacial score (nSPS) is 17.5. The Morgan fingerprint density at radius 3 is 2.09 bits per heavy atom. The maximum atomic E-state index is 2.70. The van der Waals surface area contributed by atoms with Crippen LogP contribution in [0.3, 0.4) is 0 Å². The van der Waals surface area contributed by atoms with E-state index in [4.69, 9.17) is 0 Å². The summed E-state index contributed by atoms with van der Waals surface area (Å²) in [5.41, 5.74) is 15.6. The SMILES string of the molecule is CCCCC1=Cc2c(ccc(C)c2-c2cc(C(C)(C)C)cc(C(C)(C)C)c2)[CH]1[Zr+2]1[c]2cccc3c2[SiH]1c1ccccc1-3.[Cl-].[Cl-]. The summed E-state index contributed by atoms with van der Waals surface area (Å²) >= 11 is -2.00. The van der Waals surface area contributed by atoms with Crippen molar-refractivity contribution in [3.05, 3.63) is 106 Å². The van der Waals surface area contributed by atoms with Crippen molar-refractivity contribution < 1.29 is 45.7 Å². The molecule has 0 nitrogen and oxygen atoms in total. The molecule has 0 saturated heterocycles. The van der Waals surface area contributed by atoms with E-state index in [1.807, 2.05) is 8.46 Å². The quantitative estimate of drug-likeness (QED) is 0.279. The molecule has 0 fully saturated rings. The minimum Gasteiger partial charge on any atom is -1.00 e. The Labute approximate surface area is 286 Å². The summed E-state index contributed by atoms with van der Waals surface area (Å²) in [7, 11) is 0. The zero-order chi connectivity index (χ0) is 29.6. The van der Waals surface area contributed by atoms with Gasteiger partial charge in [0.15, 0.2) is 0 Å². The molecule has 7 rings (SSSR count). The van der Waals surface area contributed by atoms with Crippen LogP contribution in [-0.2, 0) is 31.7 Å². The molecule has 0 bridgehead atoms. The van der Waals surface area contributed by atoms with E-state index in [-0.39, 0.29) is 35.6 Å². The van der Waals surface area contributed by atoms with Crippen LogP contribution in [0.2, 0.25) is 0 Å². The van der Waals surface area contributed by atoms with Gasteiger partial charge in [-0.15, -0.1) is 0 Å². The molecule has 2 unspecified atom stereocenters. The summed E-state index contributed by atoms with van der Waals surface area (Å²) in [6.45, 7) is 18.9. The number of fused-ring (bicyclic) bond motifs is 4. The molecular weight excluding hydrogens is 671 g/mol. The van der Waals surface area contributed by atoms with Gasteiger partial charge in [-0.2, -0.15) is 0 Å². The smallest absolute Gasteiger partial charge is 1.00 e. The molecule has 2 atom stereocenters. The molecule has 4 heteroatoms. The zero-order valence-electron chi connectivity index (χ0n) is 27.5. The number of aryl methyl sites for hydroxylation is 1. The largest absolute Gasteiger partial charge is 1.00 e. The van der Waals surface area contributed by atoms with Gasteiger partial charge in [0.25, 0.3) is 0 Å². The fourth-order valence-corrected chi connectivity index (χ4v) is 34.0. The molecule has 0 radical (unpaired) electrons. The van der Waals surface area contributed by atoms with Crippen LogP contribution in [0.1, 0.15) is 99.2 Å². The first-order chi connectivity index (χ1) is 20.0. The molecule has 0 saturated carbocycles. The third-order valence-corrected chi connectivity index (χ3v) is 32.4. The van der Waals surface area contributed by atoms with E-state index in [1.165, 1.54) is 47.1 Å². The van der Waals surface area contributed by atoms with Crippen LogP contribution in [0.5, 0.6) is 0 Å². The number of halogens is 2. The van der Waals surface area contributed by atoms with Crippen LogP contribution in [-0.4, -0.2) is 5.92 Å². The Morgan fingerprint density at radius 1 is 0.773 bits per heavy atom. The number of benzene rings is 4. The van der Waals surface area contributed by atoms with Crippen molar-refractivity contribution in [2.45, 2.75) is 89.1 Å². The van der Waals surface area contributed by atoms with Gasteiger partial charge in [-0.1, -0.05) is 0 Å². The van der Waals surface area contributed by atoms with Gasteiger partial charge in [0.1, 0.15) is 0 Å². The minimum atomic E-state index is -2.00. The second kappa shape index (κ2) is 12.2. The van der Waals surface area contributed by atoms with Crippen molar-refractivity contribution in [3.8, 4) is 22.3 Å². The summed E-state index contributed by atoms with van der Waals surface area (Å²) < 4.78 is 2.54. The van der Waals surface area contributed by atoms with Gasteiger partial charge in [-0.25, -0.2) is 0 Å². The van der Waals surface area contributed by atoms with Crippen molar-refractivity contribution in [3.63, 3.8) is 0 Å². The molecule has 2 heterocycles. The van der Waals surface area contributed by atoms with E-state index in [0.29, 0.717) is 3.63 Å². The molecule has 4 aromatic rings. The van der Waals surface area contributed by atoms with Crippen LogP contribution < -0.4 is 38.5 Å². The minimum absolute atomic E-state index is 0. The Bertz CT molecular complexity index is 1740. The Morgan fingerprint density at radius 2 is 1.43 bits per heavy atom. The summed E-state index contributed by atoms with van der Waals surface area (Å²) in [4.78, 5) is 0. The molecule has 44 heavy (non-hydrogen) atoms. The predicted octanol–water partition coefficient (Wildman–Crippen LogP) is 2.67. The van der Waals surface area contributed by atoms with Gasteiger partial charge in [-0.3, -0.25) is 0 Å². The average Bonchev–Trinajstić information content (AvgIpc) is 3.45. The predicted molar refractivity (Wildman–Crippen MR) is 182 cm³/mol. The maximum Gasteiger partial charge on any atom is -1.00 e. The van der Waals surface area contributed by atoms with E-state index in [2.05, 4.69) is 134 Å². The van der Waals surface area contributed by atoms with Crippen molar-refractivity contribution in [1.29, 1.82) is 0 Å². The first-order valence-electron chi connectivity index (χ1n) is 16.1. The summed E-state index contributed by atoms with van der Waals surface area (Å²) in [5, 5.41) is 3.60. The Balaban J connectivity index is 0.00000192. The third-order valence-electron chi connectivity index (χ3n) is 10.2. The second-order valence-electron chi connectivity index (χ2n) is 15.1. The van der Waals surface area contributed by atoms with Crippen molar-refractivity contribution in [2.24, 2.45) is 0 Å². The summed E-state index contributed by atoms with van der Waals surface area (Å²) in [6, 6.07) is 29.3. The molecule has 0 N–H and O–H groups in total. The third kappa shape index (κ3) is 5.31. The Kier molecular flexibility index (Phi) is 9.29. The summed E-state index contributed by atoms with van der Waals surface area (Å²) in [6.07, 6.45) is 6.51. The fourth-order valence-electron chi connectivity index (χ4n) is 7.84. The van der Waals surface area contributed by atoms with Gasteiger partial charge in [0, 0.05) is 0 Å². The molecule has 3 aliphatic rings. The molecule has 2 aliphatic heterocycles. The van der Waals surface area contributed by atoms with Gasteiger partial charge in [-0.05, 0) is 0 Å². The Hall–Kier alpha value is -1.70. The molecule has 0 amide bonds. The number of allylic oxidation sites excluding steroid dienone is 1. The van der Waals surface area contributed by atoms with Gasteiger partial charge >= 0.3 is 264 Å². The molecule has 0 aromatic heterocycles. The molecule has 4 aromatic carbocycles. The molecule has 1 aliphatic carbocycles. The van der Waals surface area contributed by atoms with Crippen LogP contribution in [0.25, 0.3) is 28.3 Å². The fraction of sp³-hybridized carbons (Fsp3) is 0.350. The van der Waals surface area contributed by atoms with Crippen LogP contribution >= 0.6 is 0 Å². The topological polar surface area (TPSA) is 0 Å². The summed E-state index contributed by atoms with van der Waals surface area (Å²) in [5.74, 6) is -1.09. The van der Waals surface area contributed by atoms with Gasteiger partial charge in [0.05, 0.1) is 0 Å². The van der Waals surface area contributed by atoms with Crippen LogP contribution in [0.4, 0.5) is 0 Å². The van der Waals surface area contributed by atoms with Crippen LogP contribution in [0, 0.1) is 6.92 Å². The molecular formula is C40H45Cl2SiZr. The van der Waals surface area contributed by atoms with Crippen molar-refractivity contribution in [1.82, 2.24) is 0 Å². The van der Waals surface area contributed by atoms with Gasteiger partial charge in [0.2, 0.25) is 0 Å². The van der Waals surface area contributed by atoms with E-state index in [1.54, 1.807) is 33.0 Å². The van der Waals surface area contributed by atoms with E-state index < -0.39 is 26.8 Å². The molecule has 227 valence electrons. The number of hydrogen-bond donors (Lipinski definition) is 0. The molecule has 0 spiro atoms. The van der Waals surface area contributed by atoms with Crippen molar-refractivity contribution in [2.75, 3.05) is 0 Å². The van der Waals surface area contributed by atoms with Crippen LogP contribution in [0.15, 0.2) is 78.4 Å². The maximum absolute atomic E-state index is 2.70. The number of unbranched alkanes of at least 4 members (excludes halogenated alkanes) is 1. The number of rotatable bonds is 5. The van der Waals surface area contributed by atoms with E-state index >= 15 is 0 Å². The van der Waals surface area contributed by atoms with E-state index in [9.17, 15) is 0 Å². The second-order valence-corrected chi connectivity index (χ2v) is 30.0. The van der Waals surface area contributed by atoms with Crippen molar-refractivity contribution >= 4 is 25.6 Å². The number of hydrogen-bond acceptors (Lipinski definition) is 0. The van der Waals surface area contributed by atoms with E-state index in [0.717, 1.165) is 0 Å². The van der Waals surface area contributed by atoms with Gasteiger partial charge < -0.3 is 24.8 Å². The zero-order valence-corrected chi connectivity index (χ0v) is 32.7. The monoisotopic (exact) mass is 713 g/mol. The standard InChI is InChI=1S/C28H37.C12H8Si.2ClH.Zr/c1-9-10-11-20-14-21-13-12-19(2)26(25(21)15-20)22-16-23(27(3,4)5)18-24(17-22)28(6,7)8;1-3-7-11-9(5-1)10-6-2-4-8-12(10)13-11;;;/h12-18H,9-11H2,1-8H3;1-7,13H;2*1H;/q;;;;+2/p-2. The average molecular weight is 716 g/mol. The first-order valence-corrected chi connectivity index (χ1v) is 24.7.